The lowest BCUT2D eigenvalue weighted by Crippen LogP contribution is -2.37. The van der Waals surface area contributed by atoms with Crippen molar-refractivity contribution in [2.45, 2.75) is 44.9 Å². The molecule has 1 saturated carbocycles. The molecule has 0 radical (unpaired) electrons. The van der Waals surface area contributed by atoms with Crippen LogP contribution in [-0.4, -0.2) is 33.6 Å². The van der Waals surface area contributed by atoms with E-state index in [2.05, 4.69) is 26.8 Å². The van der Waals surface area contributed by atoms with Gasteiger partial charge in [0.15, 0.2) is 5.65 Å². The van der Waals surface area contributed by atoms with Crippen molar-refractivity contribution in [2.24, 2.45) is 11.3 Å². The van der Waals surface area contributed by atoms with Crippen LogP contribution in [-0.2, 0) is 4.79 Å². The number of piperidine rings is 1. The van der Waals surface area contributed by atoms with E-state index in [1.807, 2.05) is 0 Å². The largest absolute Gasteiger partial charge is 0.317 e. The highest BCUT2D eigenvalue weighted by Crippen LogP contribution is 2.44. The fourth-order valence-corrected chi connectivity index (χ4v) is 4.39. The van der Waals surface area contributed by atoms with Crippen LogP contribution in [0, 0.1) is 17.2 Å². The number of nitrogens with zero attached hydrogens (tertiary/aromatic N) is 3. The summed E-state index contributed by atoms with van der Waals surface area (Å²) in [6.07, 6.45) is 9.31. The summed E-state index contributed by atoms with van der Waals surface area (Å²) in [5.74, 6) is -0.00216. The molecule has 6 nitrogen and oxygen atoms in total. The highest BCUT2D eigenvalue weighted by molar-refractivity contribution is 5.92. The number of carbonyl (C=O) groups is 1. The number of allylic oxidation sites excluding steroid dienone is 2. The van der Waals surface area contributed by atoms with Crippen LogP contribution in [0.3, 0.4) is 0 Å². The average Bonchev–Trinajstić information content (AvgIpc) is 3.45. The number of amides is 1. The second-order valence-corrected chi connectivity index (χ2v) is 8.18. The van der Waals surface area contributed by atoms with E-state index in [-0.39, 0.29) is 23.6 Å². The third kappa shape index (κ3) is 3.14. The maximum atomic E-state index is 14.7. The maximum absolute atomic E-state index is 14.7. The molecule has 2 N–H and O–H groups in total. The number of hydrogen-bond donors (Lipinski definition) is 2. The summed E-state index contributed by atoms with van der Waals surface area (Å²) in [6.45, 7) is 2.14. The fourth-order valence-electron chi connectivity index (χ4n) is 4.39. The zero-order chi connectivity index (χ0) is 18.4. The van der Waals surface area contributed by atoms with Crippen LogP contribution in [0.1, 0.15) is 50.6 Å². The van der Waals surface area contributed by atoms with Crippen LogP contribution < -0.4 is 10.6 Å². The minimum Gasteiger partial charge on any atom is -0.317 e. The van der Waals surface area contributed by atoms with Gasteiger partial charge in [-0.15, -0.1) is 5.10 Å². The molecule has 1 amide bonds. The first-order valence-electron chi connectivity index (χ1n) is 9.90. The second kappa shape index (κ2) is 6.41. The first-order chi connectivity index (χ1) is 13.1. The van der Waals surface area contributed by atoms with Crippen molar-refractivity contribution in [3.8, 4) is 0 Å². The molecule has 0 unspecified atom stereocenters. The Balaban J connectivity index is 1.46. The number of nitrogens with one attached hydrogen (secondary N) is 2. The molecule has 27 heavy (non-hydrogen) atoms. The van der Waals surface area contributed by atoms with Gasteiger partial charge in [0.25, 0.3) is 0 Å². The fraction of sp³-hybridized carbons (Fsp3) is 0.550. The van der Waals surface area contributed by atoms with Crippen molar-refractivity contribution in [3.63, 3.8) is 0 Å². The first kappa shape index (κ1) is 16.9. The standard InChI is InChI=1S/C20H24FN5O/c21-15-3-4-16-23-19(24-18(27)14-1-2-14)25-26(16)17(15)13-5-7-20(8-6-13)9-11-22-12-10-20/h3-5,14,22H,1-2,6-12H2,(H,24,25,27). The molecule has 5 rings (SSSR count). The van der Waals surface area contributed by atoms with Crippen molar-refractivity contribution >= 4 is 23.1 Å². The molecule has 1 saturated heterocycles. The lowest BCUT2D eigenvalue weighted by molar-refractivity contribution is -0.117. The van der Waals surface area contributed by atoms with Crippen LogP contribution >= 0.6 is 0 Å². The number of aromatic nitrogens is 3. The Bertz CT molecular complexity index is 924. The van der Waals surface area contributed by atoms with Gasteiger partial charge < -0.3 is 5.32 Å². The highest BCUT2D eigenvalue weighted by atomic mass is 19.1. The van der Waals surface area contributed by atoms with Crippen LogP contribution in [0.4, 0.5) is 10.3 Å². The summed E-state index contributed by atoms with van der Waals surface area (Å²) in [4.78, 5) is 16.3. The third-order valence-electron chi connectivity index (χ3n) is 6.31. The molecule has 0 atom stereocenters. The summed E-state index contributed by atoms with van der Waals surface area (Å²) < 4.78 is 16.3. The Labute approximate surface area is 157 Å². The van der Waals surface area contributed by atoms with Gasteiger partial charge in [-0.2, -0.15) is 4.98 Å². The average molecular weight is 369 g/mol. The van der Waals surface area contributed by atoms with E-state index >= 15 is 0 Å². The van der Waals surface area contributed by atoms with Crippen molar-refractivity contribution in [2.75, 3.05) is 18.4 Å². The Kier molecular flexibility index (Phi) is 4.00. The predicted molar refractivity (Wildman–Crippen MR) is 101 cm³/mol. The molecule has 2 aromatic heterocycles. The topological polar surface area (TPSA) is 71.3 Å². The Morgan fingerprint density at radius 2 is 2.07 bits per heavy atom. The monoisotopic (exact) mass is 369 g/mol. The first-order valence-corrected chi connectivity index (χ1v) is 9.90. The Morgan fingerprint density at radius 3 is 2.78 bits per heavy atom. The van der Waals surface area contributed by atoms with E-state index in [1.165, 1.54) is 18.9 Å². The summed E-state index contributed by atoms with van der Waals surface area (Å²) in [5, 5.41) is 10.6. The Morgan fingerprint density at radius 1 is 1.26 bits per heavy atom. The van der Waals surface area contributed by atoms with Gasteiger partial charge in [-0.05, 0) is 81.2 Å². The van der Waals surface area contributed by atoms with Gasteiger partial charge >= 0.3 is 0 Å². The Hall–Kier alpha value is -2.28. The molecular formula is C20H24FN5O. The third-order valence-corrected chi connectivity index (χ3v) is 6.31. The quantitative estimate of drug-likeness (QED) is 0.872. The lowest BCUT2D eigenvalue weighted by atomic mass is 9.69. The van der Waals surface area contributed by atoms with E-state index in [0.717, 1.165) is 50.8 Å². The van der Waals surface area contributed by atoms with Gasteiger partial charge in [0, 0.05) is 5.92 Å². The van der Waals surface area contributed by atoms with Gasteiger partial charge in [-0.1, -0.05) is 6.08 Å². The molecular weight excluding hydrogens is 345 g/mol. The van der Waals surface area contributed by atoms with Crippen LogP contribution in [0.25, 0.3) is 11.2 Å². The van der Waals surface area contributed by atoms with E-state index in [0.29, 0.717) is 16.8 Å². The van der Waals surface area contributed by atoms with Crippen LogP contribution in [0.15, 0.2) is 18.2 Å². The van der Waals surface area contributed by atoms with Gasteiger partial charge in [0.05, 0.1) is 0 Å². The smallest absolute Gasteiger partial charge is 0.249 e. The second-order valence-electron chi connectivity index (χ2n) is 8.18. The van der Waals surface area contributed by atoms with Crippen molar-refractivity contribution in [1.82, 2.24) is 19.9 Å². The molecule has 3 heterocycles. The predicted octanol–water partition coefficient (Wildman–Crippen LogP) is 3.15. The maximum Gasteiger partial charge on any atom is 0.249 e. The molecule has 142 valence electrons. The normalized spacial score (nSPS) is 22.0. The van der Waals surface area contributed by atoms with Gasteiger partial charge in [0.2, 0.25) is 11.9 Å². The number of carbonyl (C=O) groups excluding carboxylic acids is 1. The lowest BCUT2D eigenvalue weighted by Gasteiger charge is -2.40. The number of pyridine rings is 1. The van der Waals surface area contributed by atoms with E-state index in [1.54, 1.807) is 10.6 Å². The molecule has 0 bridgehead atoms. The number of rotatable bonds is 3. The number of fused-ring (bicyclic) bond motifs is 1. The molecule has 7 heteroatoms. The van der Waals surface area contributed by atoms with Crippen LogP contribution in [0.5, 0.6) is 0 Å². The van der Waals surface area contributed by atoms with Crippen LogP contribution in [0.2, 0.25) is 0 Å². The van der Waals surface area contributed by atoms with Gasteiger partial charge in [-0.3, -0.25) is 10.1 Å². The zero-order valence-corrected chi connectivity index (χ0v) is 15.3. The SMILES string of the molecule is O=C(Nc1nc2ccc(F)c(C3=CCC4(CCNCC4)CC3)n2n1)C1CC1. The van der Waals surface area contributed by atoms with Crippen molar-refractivity contribution in [3.05, 3.63) is 29.7 Å². The zero-order valence-electron chi connectivity index (χ0n) is 15.3. The van der Waals surface area contributed by atoms with E-state index < -0.39 is 0 Å². The highest BCUT2D eigenvalue weighted by Gasteiger charge is 2.34. The molecule has 2 fully saturated rings. The molecule has 1 aliphatic heterocycles. The minimum atomic E-state index is -0.292. The number of anilines is 1. The van der Waals surface area contributed by atoms with Gasteiger partial charge in [-0.25, -0.2) is 8.91 Å². The number of halogens is 1. The molecule has 3 aliphatic rings. The summed E-state index contributed by atoms with van der Waals surface area (Å²) in [7, 11) is 0. The summed E-state index contributed by atoms with van der Waals surface area (Å²) in [5.41, 5.74) is 2.40. The van der Waals surface area contributed by atoms with E-state index in [4.69, 9.17) is 0 Å². The molecule has 1 spiro atoms. The van der Waals surface area contributed by atoms with Crippen molar-refractivity contribution in [1.29, 1.82) is 0 Å². The van der Waals surface area contributed by atoms with Crippen molar-refractivity contribution < 1.29 is 9.18 Å². The number of hydrogen-bond acceptors (Lipinski definition) is 4. The molecule has 0 aromatic carbocycles. The summed E-state index contributed by atoms with van der Waals surface area (Å²) in [6, 6.07) is 3.05. The van der Waals surface area contributed by atoms with E-state index in [9.17, 15) is 9.18 Å². The molecule has 2 aromatic rings. The minimum absolute atomic E-state index is 0.0438. The van der Waals surface area contributed by atoms with Gasteiger partial charge in [0.1, 0.15) is 11.5 Å². The molecule has 2 aliphatic carbocycles. The summed E-state index contributed by atoms with van der Waals surface area (Å²) >= 11 is 0.